The number of hydrogen-bond donors (Lipinski definition) is 3. The summed E-state index contributed by atoms with van der Waals surface area (Å²) < 4.78 is 5.45. The van der Waals surface area contributed by atoms with E-state index in [0.717, 1.165) is 31.6 Å². The summed E-state index contributed by atoms with van der Waals surface area (Å²) in [7, 11) is 3.53. The van der Waals surface area contributed by atoms with E-state index in [1.807, 2.05) is 0 Å². The smallest absolute Gasteiger partial charge is 0.191 e. The van der Waals surface area contributed by atoms with Gasteiger partial charge in [0.15, 0.2) is 5.96 Å². The van der Waals surface area contributed by atoms with Crippen LogP contribution in [-0.4, -0.2) is 49.5 Å². The van der Waals surface area contributed by atoms with E-state index in [9.17, 15) is 5.11 Å². The highest BCUT2D eigenvalue weighted by atomic mass is 16.5. The Bertz CT molecular complexity index is 351. The van der Waals surface area contributed by atoms with Crippen molar-refractivity contribution in [3.05, 3.63) is 0 Å². The summed E-state index contributed by atoms with van der Waals surface area (Å²) in [6, 6.07) is 0.361. The van der Waals surface area contributed by atoms with Gasteiger partial charge in [0, 0.05) is 32.2 Å². The number of hydrogen-bond acceptors (Lipinski definition) is 3. The van der Waals surface area contributed by atoms with Crippen LogP contribution in [-0.2, 0) is 4.74 Å². The monoisotopic (exact) mass is 269 g/mol. The molecule has 2 rings (SSSR count). The Balaban J connectivity index is 1.80. The lowest BCUT2D eigenvalue weighted by molar-refractivity contribution is -0.0924. The number of ether oxygens (including phenoxy) is 1. The van der Waals surface area contributed by atoms with Crippen molar-refractivity contribution in [1.82, 2.24) is 10.6 Å². The normalized spacial score (nSPS) is 32.2. The second kappa shape index (κ2) is 5.29. The first-order valence-corrected chi connectivity index (χ1v) is 7.14. The van der Waals surface area contributed by atoms with E-state index in [1.165, 1.54) is 0 Å². The van der Waals surface area contributed by atoms with Gasteiger partial charge >= 0.3 is 0 Å². The van der Waals surface area contributed by atoms with E-state index in [0.29, 0.717) is 18.7 Å². The van der Waals surface area contributed by atoms with Gasteiger partial charge in [-0.25, -0.2) is 0 Å². The van der Waals surface area contributed by atoms with Gasteiger partial charge in [-0.1, -0.05) is 13.8 Å². The predicted molar refractivity (Wildman–Crippen MR) is 76.3 cm³/mol. The molecule has 0 aromatic heterocycles. The highest BCUT2D eigenvalue weighted by molar-refractivity contribution is 5.80. The zero-order valence-corrected chi connectivity index (χ0v) is 12.5. The van der Waals surface area contributed by atoms with Crippen LogP contribution in [0.25, 0.3) is 0 Å². The summed E-state index contributed by atoms with van der Waals surface area (Å²) in [5.41, 5.74) is -0.415. The van der Waals surface area contributed by atoms with Crippen molar-refractivity contribution in [2.45, 2.75) is 57.3 Å². The molecule has 5 nitrogen and oxygen atoms in total. The summed E-state index contributed by atoms with van der Waals surface area (Å²) in [6.45, 7) is 4.98. The van der Waals surface area contributed by atoms with Crippen LogP contribution < -0.4 is 10.6 Å². The van der Waals surface area contributed by atoms with Crippen molar-refractivity contribution in [2.24, 2.45) is 10.4 Å². The molecule has 0 aromatic carbocycles. The lowest BCUT2D eigenvalue weighted by Crippen LogP contribution is -2.64. The second-order valence-electron chi connectivity index (χ2n) is 6.48. The van der Waals surface area contributed by atoms with Gasteiger partial charge in [-0.05, 0) is 25.7 Å². The molecule has 2 fully saturated rings. The number of aliphatic imine (C=N–C) groups is 1. The van der Waals surface area contributed by atoms with Crippen LogP contribution in [0.2, 0.25) is 0 Å². The van der Waals surface area contributed by atoms with Crippen molar-refractivity contribution in [2.75, 3.05) is 20.7 Å². The molecule has 2 aliphatic rings. The van der Waals surface area contributed by atoms with E-state index in [2.05, 4.69) is 29.5 Å². The van der Waals surface area contributed by atoms with Crippen LogP contribution in [0.15, 0.2) is 4.99 Å². The number of rotatable bonds is 4. The van der Waals surface area contributed by atoms with Gasteiger partial charge in [0.1, 0.15) is 0 Å². The van der Waals surface area contributed by atoms with Crippen molar-refractivity contribution in [3.8, 4) is 0 Å². The van der Waals surface area contributed by atoms with Crippen molar-refractivity contribution < 1.29 is 9.84 Å². The van der Waals surface area contributed by atoms with Crippen LogP contribution in [0.4, 0.5) is 0 Å². The van der Waals surface area contributed by atoms with Crippen LogP contribution in [0.1, 0.15) is 39.5 Å². The Hall–Kier alpha value is -0.810. The Morgan fingerprint density at radius 1 is 1.42 bits per heavy atom. The van der Waals surface area contributed by atoms with Gasteiger partial charge in [-0.3, -0.25) is 4.99 Å². The summed E-state index contributed by atoms with van der Waals surface area (Å²) in [5, 5.41) is 16.7. The first-order chi connectivity index (χ1) is 8.91. The maximum atomic E-state index is 10.1. The molecule has 2 saturated carbocycles. The molecule has 2 aliphatic carbocycles. The minimum atomic E-state index is -0.526. The van der Waals surface area contributed by atoms with Crippen LogP contribution in [0, 0.1) is 5.41 Å². The Labute approximate surface area is 115 Å². The van der Waals surface area contributed by atoms with Gasteiger partial charge in [-0.15, -0.1) is 0 Å². The molecule has 2 unspecified atom stereocenters. The largest absolute Gasteiger partial charge is 0.388 e. The molecule has 2 atom stereocenters. The van der Waals surface area contributed by atoms with Crippen molar-refractivity contribution in [1.29, 1.82) is 0 Å². The molecule has 0 heterocycles. The summed E-state index contributed by atoms with van der Waals surface area (Å²) in [6.07, 6.45) is 4.19. The molecule has 0 amide bonds. The predicted octanol–water partition coefficient (Wildman–Crippen LogP) is 0.880. The third kappa shape index (κ3) is 2.87. The first kappa shape index (κ1) is 14.6. The fourth-order valence-corrected chi connectivity index (χ4v) is 2.90. The molecule has 19 heavy (non-hydrogen) atoms. The molecule has 3 N–H and O–H groups in total. The Morgan fingerprint density at radius 3 is 2.53 bits per heavy atom. The van der Waals surface area contributed by atoms with Gasteiger partial charge in [0.2, 0.25) is 0 Å². The SMILES string of the molecule is CN=C(NCC1(O)CCC1)NC1CC(OC)C1(C)C. The van der Waals surface area contributed by atoms with Crippen LogP contribution in [0.3, 0.4) is 0 Å². The lowest BCUT2D eigenvalue weighted by atomic mass is 9.64. The average Bonchev–Trinajstić information content (AvgIpc) is 2.35. The Kier molecular flexibility index (Phi) is 4.06. The third-order valence-electron chi connectivity index (χ3n) is 4.87. The summed E-state index contributed by atoms with van der Waals surface area (Å²) >= 11 is 0. The third-order valence-corrected chi connectivity index (χ3v) is 4.87. The molecule has 0 aromatic rings. The first-order valence-electron chi connectivity index (χ1n) is 7.14. The molecule has 0 spiro atoms. The maximum Gasteiger partial charge on any atom is 0.191 e. The number of aliphatic hydroxyl groups is 1. The number of guanidine groups is 1. The van der Waals surface area contributed by atoms with Gasteiger partial charge in [-0.2, -0.15) is 0 Å². The van der Waals surface area contributed by atoms with E-state index in [1.54, 1.807) is 14.2 Å². The van der Waals surface area contributed by atoms with E-state index >= 15 is 0 Å². The molecule has 0 radical (unpaired) electrons. The van der Waals surface area contributed by atoms with Crippen LogP contribution in [0.5, 0.6) is 0 Å². The standard InChI is InChI=1S/C14H27N3O2/c1-13(2)10(8-11(13)19-4)17-12(15-3)16-9-14(18)6-5-7-14/h10-11,18H,5-9H2,1-4H3,(H2,15,16,17). The highest BCUT2D eigenvalue weighted by Gasteiger charge is 2.49. The molecule has 0 bridgehead atoms. The van der Waals surface area contributed by atoms with Gasteiger partial charge in [0.05, 0.1) is 11.7 Å². The molecule has 110 valence electrons. The van der Waals surface area contributed by atoms with Crippen molar-refractivity contribution in [3.63, 3.8) is 0 Å². The number of methoxy groups -OCH3 is 1. The lowest BCUT2D eigenvalue weighted by Gasteiger charge is -2.51. The minimum Gasteiger partial charge on any atom is -0.388 e. The molecule has 5 heteroatoms. The fourth-order valence-electron chi connectivity index (χ4n) is 2.90. The summed E-state index contributed by atoms with van der Waals surface area (Å²) in [5.74, 6) is 0.771. The second-order valence-corrected chi connectivity index (χ2v) is 6.48. The molecular formula is C14H27N3O2. The van der Waals surface area contributed by atoms with E-state index in [-0.39, 0.29) is 5.41 Å². The maximum absolute atomic E-state index is 10.1. The van der Waals surface area contributed by atoms with Crippen LogP contribution >= 0.6 is 0 Å². The zero-order valence-electron chi connectivity index (χ0n) is 12.5. The fraction of sp³-hybridized carbons (Fsp3) is 0.929. The van der Waals surface area contributed by atoms with Crippen molar-refractivity contribution >= 4 is 5.96 Å². The molecule has 0 saturated heterocycles. The Morgan fingerprint density at radius 2 is 2.11 bits per heavy atom. The van der Waals surface area contributed by atoms with Gasteiger partial charge < -0.3 is 20.5 Å². The zero-order chi connectivity index (χ0) is 14.1. The topological polar surface area (TPSA) is 65.9 Å². The quantitative estimate of drug-likeness (QED) is 0.523. The highest BCUT2D eigenvalue weighted by Crippen LogP contribution is 2.42. The van der Waals surface area contributed by atoms with E-state index in [4.69, 9.17) is 4.74 Å². The van der Waals surface area contributed by atoms with E-state index < -0.39 is 5.60 Å². The minimum absolute atomic E-state index is 0.111. The van der Waals surface area contributed by atoms with Gasteiger partial charge in [0.25, 0.3) is 0 Å². The average molecular weight is 269 g/mol. The summed E-state index contributed by atoms with van der Waals surface area (Å²) in [4.78, 5) is 4.23. The number of nitrogens with one attached hydrogen (secondary N) is 2. The number of nitrogens with zero attached hydrogens (tertiary/aromatic N) is 1. The molecular weight excluding hydrogens is 242 g/mol. The molecule has 0 aliphatic heterocycles.